The van der Waals surface area contributed by atoms with Gasteiger partial charge in [-0.05, 0) is 18.9 Å². The van der Waals surface area contributed by atoms with Gasteiger partial charge in [-0.25, -0.2) is 9.59 Å². The molecule has 0 fully saturated rings. The van der Waals surface area contributed by atoms with Crippen LogP contribution in [-0.2, 0) is 44.7 Å². The summed E-state index contributed by atoms with van der Waals surface area (Å²) in [5, 5.41) is 0. The van der Waals surface area contributed by atoms with Crippen LogP contribution in [0.1, 0.15) is 32.8 Å². The summed E-state index contributed by atoms with van der Waals surface area (Å²) < 4.78 is 49.6. The van der Waals surface area contributed by atoms with Crippen LogP contribution in [0.5, 0.6) is 0 Å². The van der Waals surface area contributed by atoms with Crippen molar-refractivity contribution in [3.63, 3.8) is 0 Å². The van der Waals surface area contributed by atoms with Crippen molar-refractivity contribution in [3.8, 4) is 0 Å². The molecule has 0 heterocycles. The molecular formula is C21H31ClO9S. The van der Waals surface area contributed by atoms with Crippen LogP contribution in [0.3, 0.4) is 0 Å². The zero-order chi connectivity index (χ0) is 24.0. The summed E-state index contributed by atoms with van der Waals surface area (Å²) in [5.41, 5.74) is -0.232. The molecule has 0 saturated heterocycles. The number of benzene rings is 1. The second-order valence-corrected chi connectivity index (χ2v) is 9.57. The third-order valence-corrected chi connectivity index (χ3v) is 5.66. The van der Waals surface area contributed by atoms with Crippen LogP contribution < -0.4 is 0 Å². The fourth-order valence-electron chi connectivity index (χ4n) is 2.48. The summed E-state index contributed by atoms with van der Waals surface area (Å²) >= 11 is 5.55. The number of hydrogen-bond acceptors (Lipinski definition) is 9. The Balaban J connectivity index is 2.78. The van der Waals surface area contributed by atoms with E-state index in [0.717, 1.165) is 5.56 Å². The van der Waals surface area contributed by atoms with E-state index in [4.69, 9.17) is 30.0 Å². The van der Waals surface area contributed by atoms with Crippen molar-refractivity contribution in [1.82, 2.24) is 0 Å². The smallest absolute Gasteiger partial charge is 0.460 e. The Kier molecular flexibility index (Phi) is 12.6. The number of carbonyl (C=O) groups is 2. The number of alkyl halides is 1. The monoisotopic (exact) mass is 494 g/mol. The molecule has 1 aromatic carbocycles. The third-order valence-electron chi connectivity index (χ3n) is 4.13. The number of rotatable bonds is 15. The van der Waals surface area contributed by atoms with Crippen molar-refractivity contribution in [1.29, 1.82) is 0 Å². The first-order valence-electron chi connectivity index (χ1n) is 10.2. The van der Waals surface area contributed by atoms with E-state index in [2.05, 4.69) is 4.74 Å². The first-order valence-corrected chi connectivity index (χ1v) is 12.3. The van der Waals surface area contributed by atoms with E-state index < -0.39 is 33.8 Å². The average Bonchev–Trinajstić information content (AvgIpc) is 2.75. The summed E-state index contributed by atoms with van der Waals surface area (Å²) in [4.78, 5) is 23.9. The van der Waals surface area contributed by atoms with E-state index in [1.54, 1.807) is 20.8 Å². The lowest BCUT2D eigenvalue weighted by Crippen LogP contribution is -2.44. The minimum absolute atomic E-state index is 0.0996. The molecule has 182 valence electrons. The van der Waals surface area contributed by atoms with E-state index in [9.17, 15) is 18.0 Å². The topological polar surface area (TPSA) is 114 Å². The van der Waals surface area contributed by atoms with Crippen LogP contribution in [0.4, 0.5) is 4.79 Å². The van der Waals surface area contributed by atoms with Crippen molar-refractivity contribution in [2.45, 2.75) is 39.9 Å². The average molecular weight is 495 g/mol. The van der Waals surface area contributed by atoms with E-state index >= 15 is 0 Å². The van der Waals surface area contributed by atoms with Crippen molar-refractivity contribution >= 4 is 33.8 Å². The van der Waals surface area contributed by atoms with Crippen molar-refractivity contribution < 1.29 is 41.1 Å². The normalized spacial score (nSPS) is 12.8. The second-order valence-electron chi connectivity index (χ2n) is 7.43. The molecule has 32 heavy (non-hydrogen) atoms. The van der Waals surface area contributed by atoms with Crippen LogP contribution in [0, 0.1) is 5.41 Å². The van der Waals surface area contributed by atoms with Crippen LogP contribution in [0.25, 0.3) is 0 Å². The van der Waals surface area contributed by atoms with Gasteiger partial charge in [0.05, 0.1) is 25.6 Å². The molecule has 0 aliphatic carbocycles. The molecule has 0 N–H and O–H groups in total. The number of carbonyl (C=O) groups excluding carboxylic acids is 2. The molecule has 0 bridgehead atoms. The zero-order valence-corrected chi connectivity index (χ0v) is 20.2. The Labute approximate surface area is 194 Å². The van der Waals surface area contributed by atoms with Crippen molar-refractivity contribution in [2.24, 2.45) is 5.41 Å². The molecule has 0 unspecified atom stereocenters. The van der Waals surface area contributed by atoms with E-state index in [-0.39, 0.29) is 51.1 Å². The maximum atomic E-state index is 12.7. The molecule has 0 saturated carbocycles. The molecule has 1 aromatic rings. The lowest BCUT2D eigenvalue weighted by molar-refractivity contribution is -0.170. The molecule has 11 heteroatoms. The van der Waals surface area contributed by atoms with Crippen LogP contribution in [-0.4, -0.2) is 64.7 Å². The van der Waals surface area contributed by atoms with Gasteiger partial charge in [-0.15, -0.1) is 11.6 Å². The predicted molar refractivity (Wildman–Crippen MR) is 118 cm³/mol. The standard InChI is InChI=1S/C21H31ClO9S/c1-4-27-20(24)29-13-12-28-19(23)18(30-15-17-9-6-5-7-10-17)21(2,3)16-31-32(25,26)14-8-11-22/h5-7,9-10,18H,4,8,11-16H2,1-3H3/t18-/m0/s1. The fourth-order valence-corrected chi connectivity index (χ4v) is 3.87. The molecule has 1 atom stereocenters. The van der Waals surface area contributed by atoms with Crippen molar-refractivity contribution in [2.75, 3.05) is 38.1 Å². The molecule has 9 nitrogen and oxygen atoms in total. The molecule has 0 spiro atoms. The van der Waals surface area contributed by atoms with Gasteiger partial charge in [0.2, 0.25) is 0 Å². The largest absolute Gasteiger partial charge is 0.508 e. The van der Waals surface area contributed by atoms with Gasteiger partial charge in [0.15, 0.2) is 6.10 Å². The van der Waals surface area contributed by atoms with Gasteiger partial charge in [0, 0.05) is 11.3 Å². The number of esters is 1. The van der Waals surface area contributed by atoms with Crippen molar-refractivity contribution in [3.05, 3.63) is 35.9 Å². The Morgan fingerprint density at radius 1 is 1.06 bits per heavy atom. The van der Waals surface area contributed by atoms with Gasteiger partial charge in [0.25, 0.3) is 10.1 Å². The molecule has 0 radical (unpaired) electrons. The Morgan fingerprint density at radius 3 is 2.34 bits per heavy atom. The molecule has 0 amide bonds. The highest BCUT2D eigenvalue weighted by Gasteiger charge is 2.39. The quantitative estimate of drug-likeness (QED) is 0.157. The summed E-state index contributed by atoms with van der Waals surface area (Å²) in [6, 6.07) is 9.17. The fraction of sp³-hybridized carbons (Fsp3) is 0.619. The minimum Gasteiger partial charge on any atom is -0.460 e. The van der Waals surface area contributed by atoms with Gasteiger partial charge >= 0.3 is 12.1 Å². The number of hydrogen-bond donors (Lipinski definition) is 0. The van der Waals surface area contributed by atoms with E-state index in [0.29, 0.717) is 0 Å². The first-order chi connectivity index (χ1) is 15.1. The van der Waals surface area contributed by atoms with E-state index in [1.165, 1.54) is 0 Å². The predicted octanol–water partition coefficient (Wildman–Crippen LogP) is 3.29. The zero-order valence-electron chi connectivity index (χ0n) is 18.6. The van der Waals surface area contributed by atoms with Crippen LogP contribution in [0.2, 0.25) is 0 Å². The number of ether oxygens (including phenoxy) is 4. The van der Waals surface area contributed by atoms with Gasteiger partial charge in [-0.2, -0.15) is 8.42 Å². The van der Waals surface area contributed by atoms with E-state index in [1.807, 2.05) is 30.3 Å². The molecule has 1 rings (SSSR count). The Bertz CT molecular complexity index is 797. The summed E-state index contributed by atoms with van der Waals surface area (Å²) in [6.45, 7) is 4.46. The maximum Gasteiger partial charge on any atom is 0.508 e. The Morgan fingerprint density at radius 2 is 1.72 bits per heavy atom. The summed E-state index contributed by atoms with van der Waals surface area (Å²) in [6.07, 6.45) is -1.76. The lowest BCUT2D eigenvalue weighted by Gasteiger charge is -2.32. The van der Waals surface area contributed by atoms with Gasteiger partial charge < -0.3 is 18.9 Å². The highest BCUT2D eigenvalue weighted by molar-refractivity contribution is 7.86. The highest BCUT2D eigenvalue weighted by atomic mass is 35.5. The van der Waals surface area contributed by atoms with Crippen LogP contribution >= 0.6 is 11.6 Å². The molecular weight excluding hydrogens is 464 g/mol. The lowest BCUT2D eigenvalue weighted by atomic mass is 9.87. The highest BCUT2D eigenvalue weighted by Crippen LogP contribution is 2.27. The molecule has 0 aliphatic heterocycles. The summed E-state index contributed by atoms with van der Waals surface area (Å²) in [7, 11) is -3.80. The van der Waals surface area contributed by atoms with Crippen LogP contribution in [0.15, 0.2) is 30.3 Å². The second kappa shape index (κ2) is 14.3. The van der Waals surface area contributed by atoms with Gasteiger partial charge in [0.1, 0.15) is 13.2 Å². The number of halogens is 1. The molecule has 0 aromatic heterocycles. The Hall–Kier alpha value is -1.88. The first kappa shape index (κ1) is 28.2. The summed E-state index contributed by atoms with van der Waals surface area (Å²) in [5.74, 6) is -0.771. The SMILES string of the molecule is CCOC(=O)OCCOC(=O)[C@H](OCc1ccccc1)C(C)(C)COS(=O)(=O)CCCCl. The minimum atomic E-state index is -3.80. The maximum absolute atomic E-state index is 12.7. The molecule has 0 aliphatic rings. The third kappa shape index (κ3) is 11.1. The van der Waals surface area contributed by atoms with Gasteiger partial charge in [-0.1, -0.05) is 44.2 Å². The van der Waals surface area contributed by atoms with Gasteiger partial charge in [-0.3, -0.25) is 4.18 Å².